The molecular formula is C12H28O2. The molecule has 2 nitrogen and oxygen atoms in total. The van der Waals surface area contributed by atoms with Crippen LogP contribution in [0.2, 0.25) is 0 Å². The molecule has 0 aromatic heterocycles. The third kappa shape index (κ3) is 22.7. The number of unbranched alkanes of at least 4 members (excludes halogenated alkanes) is 5. The molecule has 0 spiro atoms. The number of rotatable bonds is 7. The van der Waals surface area contributed by atoms with Gasteiger partial charge in [0.15, 0.2) is 6.29 Å². The average Bonchev–Trinajstić information content (AvgIpc) is 2.16. The van der Waals surface area contributed by atoms with Crippen molar-refractivity contribution in [2.75, 3.05) is 0 Å². The molecule has 0 bridgehead atoms. The van der Waals surface area contributed by atoms with E-state index in [0.717, 1.165) is 19.3 Å². The van der Waals surface area contributed by atoms with Crippen molar-refractivity contribution in [2.24, 2.45) is 0 Å². The van der Waals surface area contributed by atoms with Crippen molar-refractivity contribution in [2.45, 2.75) is 78.4 Å². The van der Waals surface area contributed by atoms with E-state index in [4.69, 9.17) is 10.2 Å². The Hall–Kier alpha value is -0.0800. The summed E-state index contributed by atoms with van der Waals surface area (Å²) in [4.78, 5) is 0. The van der Waals surface area contributed by atoms with Gasteiger partial charge < -0.3 is 10.2 Å². The van der Waals surface area contributed by atoms with Crippen LogP contribution in [0.3, 0.4) is 0 Å². The fraction of sp³-hybridized carbons (Fsp3) is 1.00. The molecule has 0 saturated carbocycles. The molecule has 0 unspecified atom stereocenters. The van der Waals surface area contributed by atoms with Gasteiger partial charge in [0.2, 0.25) is 0 Å². The lowest BCUT2D eigenvalue weighted by atomic mass is 10.2. The van der Waals surface area contributed by atoms with E-state index >= 15 is 0 Å². The molecule has 0 aliphatic carbocycles. The second kappa shape index (κ2) is 15.4. The first kappa shape index (κ1) is 16.4. The van der Waals surface area contributed by atoms with Gasteiger partial charge in [-0.25, -0.2) is 0 Å². The van der Waals surface area contributed by atoms with Gasteiger partial charge in [0, 0.05) is 0 Å². The summed E-state index contributed by atoms with van der Waals surface area (Å²) in [7, 11) is 0. The van der Waals surface area contributed by atoms with E-state index in [2.05, 4.69) is 20.8 Å². The Morgan fingerprint density at radius 1 is 0.714 bits per heavy atom. The molecule has 14 heavy (non-hydrogen) atoms. The first-order valence-corrected chi connectivity index (χ1v) is 6.05. The Morgan fingerprint density at radius 3 is 1.36 bits per heavy atom. The van der Waals surface area contributed by atoms with Crippen molar-refractivity contribution < 1.29 is 10.2 Å². The molecule has 0 saturated heterocycles. The topological polar surface area (TPSA) is 40.5 Å². The summed E-state index contributed by atoms with van der Waals surface area (Å²) in [5.74, 6) is 0. The van der Waals surface area contributed by atoms with Crippen LogP contribution >= 0.6 is 0 Å². The van der Waals surface area contributed by atoms with Gasteiger partial charge in [0.1, 0.15) is 0 Å². The fourth-order valence-corrected chi connectivity index (χ4v) is 1.08. The first-order valence-electron chi connectivity index (χ1n) is 6.05. The third-order valence-corrected chi connectivity index (χ3v) is 2.02. The van der Waals surface area contributed by atoms with Crippen LogP contribution in [0.1, 0.15) is 72.1 Å². The molecule has 0 fully saturated rings. The summed E-state index contributed by atoms with van der Waals surface area (Å²) in [6.45, 7) is 6.55. The van der Waals surface area contributed by atoms with Crippen molar-refractivity contribution in [3.63, 3.8) is 0 Å². The molecular weight excluding hydrogens is 176 g/mol. The summed E-state index contributed by atoms with van der Waals surface area (Å²) < 4.78 is 0. The normalized spacial score (nSPS) is 9.86. The van der Waals surface area contributed by atoms with Gasteiger partial charge in [0.05, 0.1) is 0 Å². The van der Waals surface area contributed by atoms with Crippen LogP contribution in [-0.2, 0) is 0 Å². The van der Waals surface area contributed by atoms with Gasteiger partial charge in [-0.1, -0.05) is 59.3 Å². The lowest BCUT2D eigenvalue weighted by molar-refractivity contribution is -0.0465. The molecule has 0 radical (unpaired) electrons. The molecule has 0 amide bonds. The number of aliphatic hydroxyl groups is 2. The van der Waals surface area contributed by atoms with Gasteiger partial charge in [-0.05, 0) is 12.8 Å². The van der Waals surface area contributed by atoms with Gasteiger partial charge in [0.25, 0.3) is 0 Å². The van der Waals surface area contributed by atoms with Crippen LogP contribution in [0.25, 0.3) is 0 Å². The second-order valence-corrected chi connectivity index (χ2v) is 3.68. The minimum Gasteiger partial charge on any atom is -0.368 e. The van der Waals surface area contributed by atoms with Crippen LogP contribution in [0.4, 0.5) is 0 Å². The maximum atomic E-state index is 8.33. The summed E-state index contributed by atoms with van der Waals surface area (Å²) >= 11 is 0. The van der Waals surface area contributed by atoms with Gasteiger partial charge >= 0.3 is 0 Å². The third-order valence-electron chi connectivity index (χ3n) is 2.02. The van der Waals surface area contributed by atoms with Gasteiger partial charge in [-0.3, -0.25) is 0 Å². The van der Waals surface area contributed by atoms with E-state index in [9.17, 15) is 0 Å². The number of aliphatic hydroxyl groups excluding tert-OH is 1. The largest absolute Gasteiger partial charge is 0.368 e. The van der Waals surface area contributed by atoms with E-state index in [1.54, 1.807) is 0 Å². The zero-order valence-electron chi connectivity index (χ0n) is 10.1. The van der Waals surface area contributed by atoms with Gasteiger partial charge in [-0.2, -0.15) is 0 Å². The molecule has 0 aromatic rings. The standard InChI is InChI=1S/C6H14O2.C6H14/c1-2-3-4-5-6(7)8;1-3-5-6-4-2/h6-8H,2-5H2,1H3;3-6H2,1-2H3. The number of hydrogen-bond acceptors (Lipinski definition) is 2. The molecule has 88 valence electrons. The van der Waals surface area contributed by atoms with E-state index in [1.165, 1.54) is 25.7 Å². The zero-order chi connectivity index (χ0) is 11.2. The van der Waals surface area contributed by atoms with E-state index in [-0.39, 0.29) is 0 Å². The van der Waals surface area contributed by atoms with Crippen molar-refractivity contribution in [1.82, 2.24) is 0 Å². The molecule has 2 N–H and O–H groups in total. The quantitative estimate of drug-likeness (QED) is 0.492. The van der Waals surface area contributed by atoms with Crippen LogP contribution in [0.5, 0.6) is 0 Å². The molecule has 0 rings (SSSR count). The van der Waals surface area contributed by atoms with Gasteiger partial charge in [-0.15, -0.1) is 0 Å². The van der Waals surface area contributed by atoms with Crippen molar-refractivity contribution in [3.05, 3.63) is 0 Å². The smallest absolute Gasteiger partial charge is 0.151 e. The Morgan fingerprint density at radius 2 is 1.07 bits per heavy atom. The predicted molar refractivity (Wildman–Crippen MR) is 62.2 cm³/mol. The molecule has 0 aromatic carbocycles. The minimum absolute atomic E-state index is 0.522. The highest BCUT2D eigenvalue weighted by molar-refractivity contribution is 4.40. The number of hydrogen-bond donors (Lipinski definition) is 2. The Labute approximate surface area is 89.3 Å². The Kier molecular flexibility index (Phi) is 18.0. The van der Waals surface area contributed by atoms with Crippen molar-refractivity contribution in [3.8, 4) is 0 Å². The Bertz CT molecular complexity index is 78.4. The van der Waals surface area contributed by atoms with E-state index in [1.807, 2.05) is 0 Å². The van der Waals surface area contributed by atoms with Crippen LogP contribution in [-0.4, -0.2) is 16.5 Å². The SMILES string of the molecule is CCCCCC.CCCCCC(O)O. The lowest BCUT2D eigenvalue weighted by Gasteiger charge is -1.99. The summed E-state index contributed by atoms with van der Waals surface area (Å²) in [5.41, 5.74) is 0. The van der Waals surface area contributed by atoms with Crippen LogP contribution < -0.4 is 0 Å². The van der Waals surface area contributed by atoms with Crippen molar-refractivity contribution >= 4 is 0 Å². The molecule has 2 heteroatoms. The first-order chi connectivity index (χ1) is 6.68. The summed E-state index contributed by atoms with van der Waals surface area (Å²) in [6.07, 6.45) is 8.11. The molecule has 0 aliphatic rings. The van der Waals surface area contributed by atoms with Crippen LogP contribution in [0, 0.1) is 0 Å². The summed E-state index contributed by atoms with van der Waals surface area (Å²) in [6, 6.07) is 0. The second-order valence-electron chi connectivity index (χ2n) is 3.68. The highest BCUT2D eigenvalue weighted by Gasteiger charge is 1.93. The highest BCUT2D eigenvalue weighted by Crippen LogP contribution is 1.99. The monoisotopic (exact) mass is 204 g/mol. The van der Waals surface area contributed by atoms with E-state index < -0.39 is 6.29 Å². The summed E-state index contributed by atoms with van der Waals surface area (Å²) in [5, 5.41) is 16.7. The highest BCUT2D eigenvalue weighted by atomic mass is 16.5. The molecule has 0 heterocycles. The fourth-order valence-electron chi connectivity index (χ4n) is 1.08. The van der Waals surface area contributed by atoms with Crippen LogP contribution in [0.15, 0.2) is 0 Å². The molecule has 0 aliphatic heterocycles. The minimum atomic E-state index is -1.10. The maximum Gasteiger partial charge on any atom is 0.151 e. The lowest BCUT2D eigenvalue weighted by Crippen LogP contribution is -2.02. The molecule has 0 atom stereocenters. The zero-order valence-corrected chi connectivity index (χ0v) is 10.1. The van der Waals surface area contributed by atoms with E-state index in [0.29, 0.717) is 6.42 Å². The maximum absolute atomic E-state index is 8.33. The van der Waals surface area contributed by atoms with Crippen molar-refractivity contribution in [1.29, 1.82) is 0 Å². The average molecular weight is 204 g/mol. The predicted octanol–water partition coefficient (Wildman–Crippen LogP) is 3.46. The Balaban J connectivity index is 0.